The number of nitroso groups, excluding NO2 is 2. The average Bonchev–Trinajstić information content (AvgIpc) is 2.45. The highest BCUT2D eigenvalue weighted by atomic mass is 17.2. The Morgan fingerprint density at radius 3 is 1.72 bits per heavy atom. The fourth-order valence-electron chi connectivity index (χ4n) is 1.60. The zero-order valence-electron chi connectivity index (χ0n) is 9.64. The molecule has 10 heteroatoms. The van der Waals surface area contributed by atoms with Gasteiger partial charge in [-0.3, -0.25) is 10.0 Å². The first kappa shape index (κ1) is 13.1. The molecule has 0 aromatic carbocycles. The summed E-state index contributed by atoms with van der Waals surface area (Å²) in [6.07, 6.45) is -1.42. The Morgan fingerprint density at radius 1 is 0.889 bits per heavy atom. The lowest BCUT2D eigenvalue weighted by molar-refractivity contribution is -0.444. The molecule has 0 bridgehead atoms. The molecule has 0 radical (unpaired) electrons. The van der Waals surface area contributed by atoms with Crippen molar-refractivity contribution in [2.45, 2.75) is 12.6 Å². The van der Waals surface area contributed by atoms with Crippen LogP contribution in [0.15, 0.2) is 10.6 Å². The van der Waals surface area contributed by atoms with Gasteiger partial charge in [-0.2, -0.15) is 9.78 Å². The number of hydrogen-bond donors (Lipinski definition) is 0. The highest BCUT2D eigenvalue weighted by Gasteiger charge is 2.26. The van der Waals surface area contributed by atoms with Gasteiger partial charge >= 0.3 is 0 Å². The number of ether oxygens (including phenoxy) is 2. The maximum atomic E-state index is 10.3. The minimum atomic E-state index is -0.709. The zero-order chi connectivity index (χ0) is 12.8. The molecule has 2 fully saturated rings. The second-order valence-electron chi connectivity index (χ2n) is 3.78. The third-order valence-electron chi connectivity index (χ3n) is 2.53. The van der Waals surface area contributed by atoms with Gasteiger partial charge in [0.2, 0.25) is 12.6 Å². The van der Waals surface area contributed by atoms with Gasteiger partial charge in [-0.25, -0.2) is 0 Å². The molecular formula is C8H14N4O6. The Labute approximate surface area is 103 Å². The molecule has 0 amide bonds. The zero-order valence-corrected chi connectivity index (χ0v) is 9.64. The summed E-state index contributed by atoms with van der Waals surface area (Å²) in [5.41, 5.74) is 0. The molecule has 2 heterocycles. The summed E-state index contributed by atoms with van der Waals surface area (Å²) < 4.78 is 10.4. The Morgan fingerprint density at radius 2 is 1.33 bits per heavy atom. The summed E-state index contributed by atoms with van der Waals surface area (Å²) in [5.74, 6) is 0. The van der Waals surface area contributed by atoms with E-state index in [0.717, 1.165) is 0 Å². The molecule has 0 spiro atoms. The van der Waals surface area contributed by atoms with Gasteiger partial charge in [-0.15, -0.1) is 9.81 Å². The quantitative estimate of drug-likeness (QED) is 0.375. The summed E-state index contributed by atoms with van der Waals surface area (Å²) in [6, 6.07) is 0. The molecule has 2 atom stereocenters. The SMILES string of the molecule is O=NN1CCOC(OOC2CN(N=O)CCO2)C1. The third kappa shape index (κ3) is 3.57. The Balaban J connectivity index is 1.70. The van der Waals surface area contributed by atoms with Crippen LogP contribution in [0, 0.1) is 9.81 Å². The molecule has 0 saturated carbocycles. The molecule has 0 aliphatic carbocycles. The van der Waals surface area contributed by atoms with Crippen LogP contribution in [0.4, 0.5) is 0 Å². The van der Waals surface area contributed by atoms with Gasteiger partial charge in [-0.1, -0.05) is 0 Å². The van der Waals surface area contributed by atoms with E-state index in [9.17, 15) is 9.81 Å². The Bertz CT molecular complexity index is 265. The predicted molar refractivity (Wildman–Crippen MR) is 56.4 cm³/mol. The fraction of sp³-hybridized carbons (Fsp3) is 1.00. The van der Waals surface area contributed by atoms with E-state index in [1.54, 1.807) is 0 Å². The van der Waals surface area contributed by atoms with Crippen molar-refractivity contribution in [2.24, 2.45) is 10.6 Å². The molecule has 10 nitrogen and oxygen atoms in total. The number of rotatable bonds is 5. The molecule has 0 aromatic rings. The summed E-state index contributed by atoms with van der Waals surface area (Å²) in [7, 11) is 0. The molecule has 2 aliphatic heterocycles. The first-order valence-corrected chi connectivity index (χ1v) is 5.53. The van der Waals surface area contributed by atoms with E-state index in [-0.39, 0.29) is 13.1 Å². The second kappa shape index (κ2) is 6.54. The predicted octanol–water partition coefficient (Wildman–Crippen LogP) is -0.386. The topological polar surface area (TPSA) is 102 Å². The van der Waals surface area contributed by atoms with Crippen LogP contribution in [0.5, 0.6) is 0 Å². The largest absolute Gasteiger partial charge is 0.346 e. The van der Waals surface area contributed by atoms with Crippen molar-refractivity contribution in [1.29, 1.82) is 0 Å². The van der Waals surface area contributed by atoms with E-state index in [1.165, 1.54) is 10.0 Å². The Kier molecular flexibility index (Phi) is 4.75. The van der Waals surface area contributed by atoms with Crippen LogP contribution in [0.1, 0.15) is 0 Å². The van der Waals surface area contributed by atoms with E-state index >= 15 is 0 Å². The van der Waals surface area contributed by atoms with Gasteiger partial charge < -0.3 is 9.47 Å². The van der Waals surface area contributed by atoms with Crippen LogP contribution < -0.4 is 0 Å². The molecule has 0 aromatic heterocycles. The molecular weight excluding hydrogens is 248 g/mol. The van der Waals surface area contributed by atoms with Crippen LogP contribution in [-0.2, 0) is 19.2 Å². The molecule has 2 aliphatic rings. The van der Waals surface area contributed by atoms with Crippen LogP contribution >= 0.6 is 0 Å². The highest BCUT2D eigenvalue weighted by molar-refractivity contribution is 4.62. The maximum absolute atomic E-state index is 10.3. The number of morpholine rings is 2. The summed E-state index contributed by atoms with van der Waals surface area (Å²) >= 11 is 0. The van der Waals surface area contributed by atoms with Crippen molar-refractivity contribution in [2.75, 3.05) is 39.4 Å². The van der Waals surface area contributed by atoms with E-state index in [4.69, 9.17) is 19.2 Å². The van der Waals surface area contributed by atoms with Gasteiger partial charge in [-0.05, 0) is 0 Å². The van der Waals surface area contributed by atoms with Crippen LogP contribution in [0.3, 0.4) is 0 Å². The van der Waals surface area contributed by atoms with Crippen molar-refractivity contribution >= 4 is 0 Å². The molecule has 2 saturated heterocycles. The van der Waals surface area contributed by atoms with Crippen molar-refractivity contribution in [3.05, 3.63) is 9.81 Å². The molecule has 2 rings (SSSR count). The van der Waals surface area contributed by atoms with Gasteiger partial charge in [0.15, 0.2) is 0 Å². The lowest BCUT2D eigenvalue weighted by atomic mass is 10.5. The van der Waals surface area contributed by atoms with Gasteiger partial charge in [0.05, 0.1) is 50.0 Å². The van der Waals surface area contributed by atoms with Gasteiger partial charge in [0, 0.05) is 0 Å². The average molecular weight is 262 g/mol. The fourth-order valence-corrected chi connectivity index (χ4v) is 1.60. The molecule has 102 valence electrons. The monoisotopic (exact) mass is 262 g/mol. The van der Waals surface area contributed by atoms with Crippen molar-refractivity contribution in [3.8, 4) is 0 Å². The van der Waals surface area contributed by atoms with Gasteiger partial charge in [0.1, 0.15) is 0 Å². The third-order valence-corrected chi connectivity index (χ3v) is 2.53. The van der Waals surface area contributed by atoms with Crippen LogP contribution in [0.25, 0.3) is 0 Å². The molecule has 18 heavy (non-hydrogen) atoms. The normalized spacial score (nSPS) is 29.1. The van der Waals surface area contributed by atoms with Crippen molar-refractivity contribution in [3.63, 3.8) is 0 Å². The van der Waals surface area contributed by atoms with Crippen LogP contribution in [-0.4, -0.2) is 62.0 Å². The standard InChI is InChI=1S/C8H14N4O6/c13-9-11-1-3-15-7(5-11)17-18-8-6-12(10-14)2-4-16-8/h7-8H,1-6H2. The first-order chi connectivity index (χ1) is 8.81. The van der Waals surface area contributed by atoms with Crippen molar-refractivity contribution < 1.29 is 19.2 Å². The molecule has 2 unspecified atom stereocenters. The second-order valence-corrected chi connectivity index (χ2v) is 3.78. The first-order valence-electron chi connectivity index (χ1n) is 5.53. The smallest absolute Gasteiger partial charge is 0.210 e. The van der Waals surface area contributed by atoms with Crippen LogP contribution in [0.2, 0.25) is 0 Å². The summed E-state index contributed by atoms with van der Waals surface area (Å²) in [6.45, 7) is 1.87. The van der Waals surface area contributed by atoms with E-state index in [2.05, 4.69) is 10.6 Å². The Hall–Kier alpha value is -1.36. The van der Waals surface area contributed by atoms with E-state index in [0.29, 0.717) is 26.3 Å². The van der Waals surface area contributed by atoms with E-state index in [1.807, 2.05) is 0 Å². The summed E-state index contributed by atoms with van der Waals surface area (Å²) in [5, 5.41) is 8.13. The maximum Gasteiger partial charge on any atom is 0.210 e. The van der Waals surface area contributed by atoms with Gasteiger partial charge in [0.25, 0.3) is 0 Å². The van der Waals surface area contributed by atoms with E-state index < -0.39 is 12.6 Å². The number of nitrogens with zero attached hydrogens (tertiary/aromatic N) is 4. The number of hydrogen-bond acceptors (Lipinski definition) is 8. The van der Waals surface area contributed by atoms with Crippen molar-refractivity contribution in [1.82, 2.24) is 10.0 Å². The summed E-state index contributed by atoms with van der Waals surface area (Å²) in [4.78, 5) is 30.7. The minimum Gasteiger partial charge on any atom is -0.346 e. The lowest BCUT2D eigenvalue weighted by Crippen LogP contribution is -2.44. The minimum absolute atomic E-state index is 0.186. The highest BCUT2D eigenvalue weighted by Crippen LogP contribution is 2.11. The molecule has 0 N–H and O–H groups in total. The lowest BCUT2D eigenvalue weighted by Gasteiger charge is -2.31.